The lowest BCUT2D eigenvalue weighted by atomic mass is 9.91. The quantitative estimate of drug-likeness (QED) is 0.313. The number of rotatable bonds is 8. The molecule has 1 aliphatic carbocycles. The Morgan fingerprint density at radius 3 is 2.82 bits per heavy atom. The molecule has 3 aromatic heterocycles. The van der Waals surface area contributed by atoms with Crippen molar-refractivity contribution >= 4 is 27.8 Å². The first-order chi connectivity index (χ1) is 18.6. The Morgan fingerprint density at radius 1 is 1.11 bits per heavy atom. The van der Waals surface area contributed by atoms with Crippen LogP contribution in [0.2, 0.25) is 0 Å². The standard InChI is InChI=1S/C32H40N6/c1-4-7-24-16-26(21(3)36-15-12-23-11-14-33-28(23)20-36)17-27-30(24)37(5-2)32(35-27)29-18-25-8-6-13-34-31(25)38(29)19-22-9-10-22/h6,8,13,16-18,22-23,28,33H,3-5,7,9-12,14-15,19-20H2,1-2H3/t23-,28+/m0/s1. The zero-order valence-electron chi connectivity index (χ0n) is 22.9. The number of piperidine rings is 1. The molecule has 0 amide bonds. The number of fused-ring (bicyclic) bond motifs is 3. The molecule has 0 spiro atoms. The van der Waals surface area contributed by atoms with E-state index in [0.717, 1.165) is 80.1 Å². The van der Waals surface area contributed by atoms with Gasteiger partial charge in [0.25, 0.3) is 0 Å². The van der Waals surface area contributed by atoms with E-state index in [2.05, 4.69) is 64.0 Å². The lowest BCUT2D eigenvalue weighted by molar-refractivity contribution is 0.231. The van der Waals surface area contributed by atoms with Crippen LogP contribution in [0, 0.1) is 11.8 Å². The molecule has 0 bridgehead atoms. The average molecular weight is 509 g/mol. The van der Waals surface area contributed by atoms with Crippen LogP contribution >= 0.6 is 0 Å². The van der Waals surface area contributed by atoms with Crippen molar-refractivity contribution in [2.75, 3.05) is 19.6 Å². The molecular weight excluding hydrogens is 468 g/mol. The first kappa shape index (κ1) is 24.0. The molecule has 38 heavy (non-hydrogen) atoms. The third kappa shape index (κ3) is 4.05. The molecule has 198 valence electrons. The molecule has 0 unspecified atom stereocenters. The molecule has 2 aliphatic heterocycles. The van der Waals surface area contributed by atoms with Crippen molar-refractivity contribution in [2.24, 2.45) is 11.8 Å². The molecule has 2 saturated heterocycles. The van der Waals surface area contributed by atoms with Crippen molar-refractivity contribution in [3.8, 4) is 11.5 Å². The second kappa shape index (κ2) is 9.57. The number of imidazole rings is 1. The van der Waals surface area contributed by atoms with E-state index in [1.54, 1.807) is 0 Å². The first-order valence-electron chi connectivity index (χ1n) is 14.8. The van der Waals surface area contributed by atoms with Gasteiger partial charge in [0.15, 0.2) is 5.82 Å². The summed E-state index contributed by atoms with van der Waals surface area (Å²) in [6.07, 6.45) is 9.28. The lowest BCUT2D eigenvalue weighted by Crippen LogP contribution is -2.45. The number of benzene rings is 1. The van der Waals surface area contributed by atoms with E-state index in [4.69, 9.17) is 9.97 Å². The lowest BCUT2D eigenvalue weighted by Gasteiger charge is -2.37. The van der Waals surface area contributed by atoms with E-state index in [-0.39, 0.29) is 0 Å². The Kier molecular flexibility index (Phi) is 6.03. The van der Waals surface area contributed by atoms with E-state index in [1.165, 1.54) is 53.4 Å². The van der Waals surface area contributed by atoms with Crippen LogP contribution in [0.4, 0.5) is 0 Å². The van der Waals surface area contributed by atoms with Crippen LogP contribution in [0.3, 0.4) is 0 Å². The first-order valence-corrected chi connectivity index (χ1v) is 14.8. The molecule has 5 heterocycles. The van der Waals surface area contributed by atoms with Crippen LogP contribution in [0.5, 0.6) is 0 Å². The number of hydrogen-bond acceptors (Lipinski definition) is 4. The summed E-state index contributed by atoms with van der Waals surface area (Å²) in [4.78, 5) is 12.7. The summed E-state index contributed by atoms with van der Waals surface area (Å²) in [6.45, 7) is 14.4. The SMILES string of the molecule is C=C(c1cc(CCC)c2c(c1)nc(-c1cc3cccnc3n1CC1CC1)n2CC)N1CC[C@@H]2CCN[C@@H]2C1. The van der Waals surface area contributed by atoms with Gasteiger partial charge >= 0.3 is 0 Å². The summed E-state index contributed by atoms with van der Waals surface area (Å²) >= 11 is 0. The Morgan fingerprint density at radius 2 is 2.00 bits per heavy atom. The van der Waals surface area contributed by atoms with Gasteiger partial charge in [0.2, 0.25) is 0 Å². The van der Waals surface area contributed by atoms with E-state index < -0.39 is 0 Å². The summed E-state index contributed by atoms with van der Waals surface area (Å²) in [7, 11) is 0. The minimum absolute atomic E-state index is 0.604. The molecule has 3 fully saturated rings. The van der Waals surface area contributed by atoms with Gasteiger partial charge in [-0.3, -0.25) is 0 Å². The van der Waals surface area contributed by atoms with Gasteiger partial charge in [0, 0.05) is 49.5 Å². The largest absolute Gasteiger partial charge is 0.370 e. The molecule has 1 N–H and O–H groups in total. The highest BCUT2D eigenvalue weighted by Gasteiger charge is 2.33. The molecule has 6 heteroatoms. The Labute approximate surface area is 225 Å². The van der Waals surface area contributed by atoms with Gasteiger partial charge in [0.1, 0.15) is 5.65 Å². The van der Waals surface area contributed by atoms with Crippen LogP contribution in [0.1, 0.15) is 57.1 Å². The smallest absolute Gasteiger partial charge is 0.157 e. The summed E-state index contributed by atoms with van der Waals surface area (Å²) in [5.41, 5.74) is 8.42. The van der Waals surface area contributed by atoms with E-state index in [1.807, 2.05) is 12.3 Å². The monoisotopic (exact) mass is 508 g/mol. The maximum Gasteiger partial charge on any atom is 0.157 e. The fourth-order valence-corrected chi connectivity index (χ4v) is 6.96. The number of nitrogens with zero attached hydrogens (tertiary/aromatic N) is 5. The summed E-state index contributed by atoms with van der Waals surface area (Å²) in [5.74, 6) is 2.66. The number of likely N-dealkylation sites (tertiary alicyclic amines) is 1. The van der Waals surface area contributed by atoms with Crippen molar-refractivity contribution in [1.82, 2.24) is 29.3 Å². The summed E-state index contributed by atoms with van der Waals surface area (Å²) in [6, 6.07) is 11.8. The highest BCUT2D eigenvalue weighted by atomic mass is 15.2. The third-order valence-corrected chi connectivity index (χ3v) is 9.17. The van der Waals surface area contributed by atoms with Crippen LogP contribution in [0.15, 0.2) is 43.1 Å². The van der Waals surface area contributed by atoms with Crippen LogP contribution in [-0.2, 0) is 19.5 Å². The number of aromatic nitrogens is 4. The van der Waals surface area contributed by atoms with E-state index in [9.17, 15) is 0 Å². The van der Waals surface area contributed by atoms with Crippen LogP contribution in [0.25, 0.3) is 39.3 Å². The van der Waals surface area contributed by atoms with Crippen molar-refractivity contribution in [1.29, 1.82) is 0 Å². The predicted octanol–water partition coefficient (Wildman–Crippen LogP) is 6.09. The molecular formula is C32H40N6. The number of pyridine rings is 1. The van der Waals surface area contributed by atoms with Gasteiger partial charge in [-0.2, -0.15) is 0 Å². The van der Waals surface area contributed by atoms with E-state index >= 15 is 0 Å². The minimum atomic E-state index is 0.604. The van der Waals surface area contributed by atoms with Crippen molar-refractivity contribution in [3.63, 3.8) is 0 Å². The van der Waals surface area contributed by atoms with Gasteiger partial charge in [-0.15, -0.1) is 0 Å². The van der Waals surface area contributed by atoms with Gasteiger partial charge < -0.3 is 19.4 Å². The topological polar surface area (TPSA) is 50.9 Å². The highest BCUT2D eigenvalue weighted by Crippen LogP contribution is 2.38. The zero-order valence-corrected chi connectivity index (χ0v) is 22.9. The van der Waals surface area contributed by atoms with Crippen LogP contribution in [-0.4, -0.2) is 49.7 Å². The van der Waals surface area contributed by atoms with Gasteiger partial charge in [-0.25, -0.2) is 9.97 Å². The maximum absolute atomic E-state index is 5.36. The number of nitrogens with one attached hydrogen (secondary N) is 1. The molecule has 1 saturated carbocycles. The van der Waals surface area contributed by atoms with Gasteiger partial charge in [0.05, 0.1) is 16.7 Å². The maximum atomic E-state index is 5.36. The minimum Gasteiger partial charge on any atom is -0.370 e. The molecule has 1 aromatic carbocycles. The predicted molar refractivity (Wildman–Crippen MR) is 156 cm³/mol. The Bertz CT molecular complexity index is 1510. The average Bonchev–Trinajstić information content (AvgIpc) is 3.33. The van der Waals surface area contributed by atoms with Gasteiger partial charge in [-0.05, 0) is 98.9 Å². The van der Waals surface area contributed by atoms with Crippen LogP contribution < -0.4 is 5.32 Å². The molecule has 6 nitrogen and oxygen atoms in total. The van der Waals surface area contributed by atoms with Gasteiger partial charge in [-0.1, -0.05) is 19.9 Å². The number of aryl methyl sites for hydroxylation is 2. The second-order valence-electron chi connectivity index (χ2n) is 11.7. The fourth-order valence-electron chi connectivity index (χ4n) is 6.96. The van der Waals surface area contributed by atoms with Crippen molar-refractivity contribution in [2.45, 2.75) is 71.5 Å². The molecule has 0 radical (unpaired) electrons. The molecule has 3 aliphatic rings. The fraction of sp³-hybridized carbons (Fsp3) is 0.500. The Balaban J connectivity index is 1.34. The summed E-state index contributed by atoms with van der Waals surface area (Å²) in [5, 5.41) is 4.92. The molecule has 2 atom stereocenters. The summed E-state index contributed by atoms with van der Waals surface area (Å²) < 4.78 is 4.87. The number of hydrogen-bond donors (Lipinski definition) is 1. The second-order valence-corrected chi connectivity index (χ2v) is 11.7. The molecule has 4 aromatic rings. The third-order valence-electron chi connectivity index (χ3n) is 9.17. The Hall–Kier alpha value is -3.12. The van der Waals surface area contributed by atoms with Crippen molar-refractivity contribution < 1.29 is 0 Å². The normalized spacial score (nSPS) is 21.5. The highest BCUT2D eigenvalue weighted by molar-refractivity contribution is 5.89. The molecule has 7 rings (SSSR count). The van der Waals surface area contributed by atoms with E-state index in [0.29, 0.717) is 6.04 Å². The van der Waals surface area contributed by atoms with Crippen molar-refractivity contribution in [3.05, 3.63) is 54.2 Å². The zero-order chi connectivity index (χ0) is 25.8.